The summed E-state index contributed by atoms with van der Waals surface area (Å²) >= 11 is 0. The highest BCUT2D eigenvalue weighted by Gasteiger charge is 2.38. The van der Waals surface area contributed by atoms with Crippen LogP contribution in [0.25, 0.3) is 22.3 Å². The number of benzene rings is 4. The van der Waals surface area contributed by atoms with E-state index in [4.69, 9.17) is 4.74 Å². The molecule has 0 radical (unpaired) electrons. The molecule has 0 heterocycles. The molecule has 0 amide bonds. The molecule has 1 aliphatic carbocycles. The number of unbranched alkanes of at least 4 members (excludes halogenated alkanes) is 2. The van der Waals surface area contributed by atoms with E-state index < -0.39 is 52.3 Å². The first-order valence-electron chi connectivity index (χ1n) is 16.0. The Hall–Kier alpha value is -3.88. The quantitative estimate of drug-likeness (QED) is 0.0835. The van der Waals surface area contributed by atoms with Crippen molar-refractivity contribution < 1.29 is 39.9 Å². The van der Waals surface area contributed by atoms with Crippen LogP contribution < -0.4 is 4.74 Å². The van der Waals surface area contributed by atoms with Crippen LogP contribution in [-0.2, 0) is 12.5 Å². The second-order valence-electron chi connectivity index (χ2n) is 12.4. The fourth-order valence-electron chi connectivity index (χ4n) is 6.44. The smallest absolute Gasteiger partial charge is 0.429 e. The van der Waals surface area contributed by atoms with E-state index >= 15 is 13.2 Å². The van der Waals surface area contributed by atoms with Crippen LogP contribution >= 0.6 is 0 Å². The van der Waals surface area contributed by atoms with E-state index in [0.717, 1.165) is 61.6 Å². The molecule has 9 heteroatoms. The van der Waals surface area contributed by atoms with Crippen LogP contribution in [-0.4, -0.2) is 0 Å². The van der Waals surface area contributed by atoms with Gasteiger partial charge in [-0.15, -0.1) is 0 Å². The van der Waals surface area contributed by atoms with Gasteiger partial charge in [-0.1, -0.05) is 76.5 Å². The van der Waals surface area contributed by atoms with E-state index in [1.165, 1.54) is 50.7 Å². The number of aryl methyl sites for hydroxylation is 1. The molecule has 5 rings (SSSR count). The average Bonchev–Trinajstić information content (AvgIpc) is 3.03. The first-order chi connectivity index (χ1) is 22.4. The molecule has 1 fully saturated rings. The van der Waals surface area contributed by atoms with Gasteiger partial charge in [-0.05, 0) is 83.8 Å². The average molecular weight is 661 g/mol. The summed E-state index contributed by atoms with van der Waals surface area (Å²) in [4.78, 5) is 0. The zero-order chi connectivity index (χ0) is 33.7. The van der Waals surface area contributed by atoms with Gasteiger partial charge >= 0.3 is 6.11 Å². The Kier molecular flexibility index (Phi) is 10.9. The Bertz CT molecular complexity index is 1670. The number of alkyl halides is 2. The third kappa shape index (κ3) is 8.35. The van der Waals surface area contributed by atoms with E-state index in [1.807, 2.05) is 0 Å². The van der Waals surface area contributed by atoms with Crippen LogP contribution in [0.15, 0.2) is 66.7 Å². The van der Waals surface area contributed by atoms with Crippen LogP contribution in [0.4, 0.5) is 35.1 Å². The normalized spacial score (nSPS) is 16.8. The topological polar surface area (TPSA) is 9.23 Å². The van der Waals surface area contributed by atoms with Crippen molar-refractivity contribution in [1.82, 2.24) is 0 Å². The molecule has 250 valence electrons. The monoisotopic (exact) mass is 660 g/mol. The molecule has 0 atom stereocenters. The zero-order valence-corrected chi connectivity index (χ0v) is 26.0. The summed E-state index contributed by atoms with van der Waals surface area (Å²) in [6.07, 6.45) is 7.07. The number of ether oxygens (including phenoxy) is 1. The maximum atomic E-state index is 15.0. The van der Waals surface area contributed by atoms with Crippen molar-refractivity contribution >= 4 is 0 Å². The minimum absolute atomic E-state index is 0.00762. The second-order valence-corrected chi connectivity index (χ2v) is 12.4. The largest absolute Gasteiger partial charge is 0.429 e. The van der Waals surface area contributed by atoms with Gasteiger partial charge in [0.15, 0.2) is 17.5 Å². The van der Waals surface area contributed by atoms with Gasteiger partial charge in [0, 0.05) is 17.2 Å². The summed E-state index contributed by atoms with van der Waals surface area (Å²) in [5, 5.41) is 0. The molecular weight excluding hydrogens is 624 g/mol. The van der Waals surface area contributed by atoms with Crippen LogP contribution in [0, 0.1) is 46.7 Å². The third-order valence-corrected chi connectivity index (χ3v) is 9.13. The number of hydrogen-bond acceptors (Lipinski definition) is 1. The van der Waals surface area contributed by atoms with E-state index in [-0.39, 0.29) is 22.3 Å². The number of rotatable bonds is 12. The van der Waals surface area contributed by atoms with Crippen molar-refractivity contribution in [2.45, 2.75) is 77.2 Å². The summed E-state index contributed by atoms with van der Waals surface area (Å²) in [6.45, 7) is 2.20. The van der Waals surface area contributed by atoms with Gasteiger partial charge in [0.05, 0.1) is 5.56 Å². The molecule has 0 saturated heterocycles. The molecule has 47 heavy (non-hydrogen) atoms. The van der Waals surface area contributed by atoms with Gasteiger partial charge < -0.3 is 4.74 Å². The predicted molar refractivity (Wildman–Crippen MR) is 166 cm³/mol. The van der Waals surface area contributed by atoms with Gasteiger partial charge in [-0.2, -0.15) is 8.78 Å². The Morgan fingerprint density at radius 1 is 0.617 bits per heavy atom. The van der Waals surface area contributed by atoms with Crippen molar-refractivity contribution in [3.8, 4) is 28.0 Å². The Labute approximate surface area is 269 Å². The summed E-state index contributed by atoms with van der Waals surface area (Å²) < 4.78 is 120. The SMILES string of the molecule is CCCCCC1CCC(CCc2ccc(C(F)(F)Oc3ccc(-c4ccc(-c5cc(F)c(F)c(F)c5)c(F)c4)c(F)c3)c(F)c2)CC1. The maximum absolute atomic E-state index is 15.0. The van der Waals surface area contributed by atoms with Crippen molar-refractivity contribution in [3.63, 3.8) is 0 Å². The van der Waals surface area contributed by atoms with Crippen molar-refractivity contribution in [1.29, 1.82) is 0 Å². The van der Waals surface area contributed by atoms with E-state index in [9.17, 15) is 22.0 Å². The number of hydrogen-bond donors (Lipinski definition) is 0. The third-order valence-electron chi connectivity index (χ3n) is 9.13. The fourth-order valence-corrected chi connectivity index (χ4v) is 6.44. The Morgan fingerprint density at radius 2 is 1.21 bits per heavy atom. The Balaban J connectivity index is 1.21. The molecule has 0 spiro atoms. The lowest BCUT2D eigenvalue weighted by molar-refractivity contribution is -0.187. The van der Waals surface area contributed by atoms with E-state index in [1.54, 1.807) is 0 Å². The van der Waals surface area contributed by atoms with Gasteiger partial charge in [-0.25, -0.2) is 26.3 Å². The maximum Gasteiger partial charge on any atom is 0.429 e. The highest BCUT2D eigenvalue weighted by atomic mass is 19.3. The first-order valence-corrected chi connectivity index (χ1v) is 16.0. The summed E-state index contributed by atoms with van der Waals surface area (Å²) in [5.41, 5.74) is -1.08. The lowest BCUT2D eigenvalue weighted by atomic mass is 9.78. The van der Waals surface area contributed by atoms with Crippen molar-refractivity contribution in [2.75, 3.05) is 0 Å². The van der Waals surface area contributed by atoms with Crippen molar-refractivity contribution in [2.24, 2.45) is 11.8 Å². The van der Waals surface area contributed by atoms with Gasteiger partial charge in [0.2, 0.25) is 0 Å². The minimum atomic E-state index is -4.11. The standard InChI is InChI=1S/C38H36F8O/c1-2-3-4-5-23-6-8-24(9-7-23)10-11-25-12-17-31(34(41)18-25)38(45,46)47-28-14-16-29(33(40)22-28)26-13-15-30(32(39)19-26)27-20-35(42)37(44)36(43)21-27/h12-24H,2-11H2,1H3. The van der Waals surface area contributed by atoms with Crippen molar-refractivity contribution in [3.05, 3.63) is 113 Å². The molecule has 0 N–H and O–H groups in total. The molecule has 0 aliphatic heterocycles. The van der Waals surface area contributed by atoms with Gasteiger partial charge in [0.25, 0.3) is 0 Å². The molecule has 0 unspecified atom stereocenters. The van der Waals surface area contributed by atoms with Crippen LogP contribution in [0.1, 0.15) is 75.8 Å². The highest BCUT2D eigenvalue weighted by molar-refractivity contribution is 5.72. The second kappa shape index (κ2) is 14.9. The molecular formula is C38H36F8O. The Morgan fingerprint density at radius 3 is 1.83 bits per heavy atom. The zero-order valence-electron chi connectivity index (χ0n) is 26.0. The highest BCUT2D eigenvalue weighted by Crippen LogP contribution is 2.38. The van der Waals surface area contributed by atoms with E-state index in [0.29, 0.717) is 36.1 Å². The summed E-state index contributed by atoms with van der Waals surface area (Å²) in [6, 6.07) is 10.9. The molecule has 1 nitrogen and oxygen atoms in total. The minimum Gasteiger partial charge on any atom is -0.429 e. The fraction of sp³-hybridized carbons (Fsp3) is 0.368. The van der Waals surface area contributed by atoms with E-state index in [2.05, 4.69) is 6.92 Å². The van der Waals surface area contributed by atoms with Crippen LogP contribution in [0.5, 0.6) is 5.75 Å². The molecule has 4 aromatic carbocycles. The van der Waals surface area contributed by atoms with Crippen LogP contribution in [0.2, 0.25) is 0 Å². The van der Waals surface area contributed by atoms with Gasteiger partial charge in [0.1, 0.15) is 23.2 Å². The lowest BCUT2D eigenvalue weighted by Gasteiger charge is -2.28. The molecule has 1 saturated carbocycles. The molecule has 4 aromatic rings. The predicted octanol–water partition coefficient (Wildman–Crippen LogP) is 12.3. The molecule has 0 aromatic heterocycles. The van der Waals surface area contributed by atoms with Gasteiger partial charge in [-0.3, -0.25) is 0 Å². The molecule has 0 bridgehead atoms. The molecule has 1 aliphatic rings. The summed E-state index contributed by atoms with van der Waals surface area (Å²) in [7, 11) is 0. The number of halogens is 8. The first kappa shape index (κ1) is 34.5. The summed E-state index contributed by atoms with van der Waals surface area (Å²) in [5.74, 6) is -7.10. The lowest BCUT2D eigenvalue weighted by Crippen LogP contribution is -2.23. The van der Waals surface area contributed by atoms with Crippen LogP contribution in [0.3, 0.4) is 0 Å².